The molecule has 1 aromatic heterocycles. The summed E-state index contributed by atoms with van der Waals surface area (Å²) < 4.78 is 0. The van der Waals surface area contributed by atoms with Gasteiger partial charge in [-0.3, -0.25) is 0 Å². The lowest BCUT2D eigenvalue weighted by Gasteiger charge is -2.14. The molecule has 1 heterocycles. The average molecular weight is 284 g/mol. The number of aryl methyl sites for hydroxylation is 1. The van der Waals surface area contributed by atoms with E-state index in [2.05, 4.69) is 23.6 Å². The minimum absolute atomic E-state index is 0.228. The first-order valence-electron chi connectivity index (χ1n) is 6.78. The highest BCUT2D eigenvalue weighted by molar-refractivity contribution is 7.11. The highest BCUT2D eigenvalue weighted by atomic mass is 32.1. The zero-order chi connectivity index (χ0) is 14.3. The Balaban J connectivity index is 2.20. The van der Waals surface area contributed by atoms with Crippen LogP contribution >= 0.6 is 11.3 Å². The number of hydrogen-bond acceptors (Lipinski definition) is 3. The minimum Gasteiger partial charge on any atom is -0.391 e. The van der Waals surface area contributed by atoms with Gasteiger partial charge >= 0.3 is 6.03 Å². The van der Waals surface area contributed by atoms with E-state index in [4.69, 9.17) is 0 Å². The highest BCUT2D eigenvalue weighted by Gasteiger charge is 2.09. The van der Waals surface area contributed by atoms with E-state index >= 15 is 0 Å². The van der Waals surface area contributed by atoms with Gasteiger partial charge in [0.2, 0.25) is 0 Å². The average Bonchev–Trinajstić information content (AvgIpc) is 2.81. The molecule has 0 radical (unpaired) electrons. The fraction of sp³-hybridized carbons (Fsp3) is 0.643. The van der Waals surface area contributed by atoms with E-state index in [-0.39, 0.29) is 6.03 Å². The first kappa shape index (κ1) is 16.0. The quantitative estimate of drug-likeness (QED) is 0.720. The zero-order valence-electron chi connectivity index (χ0n) is 11.9. The number of thiophene rings is 1. The summed E-state index contributed by atoms with van der Waals surface area (Å²) in [4.78, 5) is 14.0. The van der Waals surface area contributed by atoms with Crippen LogP contribution < -0.4 is 10.6 Å². The van der Waals surface area contributed by atoms with Crippen LogP contribution in [0.15, 0.2) is 12.1 Å². The van der Waals surface area contributed by atoms with Crippen LogP contribution in [0.4, 0.5) is 4.79 Å². The van der Waals surface area contributed by atoms with Crippen molar-refractivity contribution in [3.63, 3.8) is 0 Å². The minimum atomic E-state index is -0.473. The van der Waals surface area contributed by atoms with E-state index in [1.165, 1.54) is 4.88 Å². The highest BCUT2D eigenvalue weighted by Crippen LogP contribution is 2.16. The number of aliphatic hydroxyl groups excluding tert-OH is 1. The van der Waals surface area contributed by atoms with Gasteiger partial charge in [0.25, 0.3) is 0 Å². The topological polar surface area (TPSA) is 61.4 Å². The number of carbonyl (C=O) groups is 1. The summed E-state index contributed by atoms with van der Waals surface area (Å²) in [5.74, 6) is 0.429. The predicted octanol–water partition coefficient (Wildman–Crippen LogP) is 2.52. The van der Waals surface area contributed by atoms with Crippen molar-refractivity contribution in [1.82, 2.24) is 10.6 Å². The Morgan fingerprint density at radius 3 is 2.58 bits per heavy atom. The fourth-order valence-corrected chi connectivity index (χ4v) is 2.67. The van der Waals surface area contributed by atoms with Crippen LogP contribution in [0.5, 0.6) is 0 Å². The van der Waals surface area contributed by atoms with Gasteiger partial charge in [-0.15, -0.1) is 11.3 Å². The molecule has 0 aliphatic heterocycles. The summed E-state index contributed by atoms with van der Waals surface area (Å²) in [6.45, 7) is 7.05. The maximum absolute atomic E-state index is 11.6. The van der Waals surface area contributed by atoms with Crippen LogP contribution in [-0.2, 0) is 13.0 Å². The fourth-order valence-electron chi connectivity index (χ4n) is 1.78. The molecule has 0 aliphatic rings. The number of nitrogens with one attached hydrogen (secondary N) is 2. The lowest BCUT2D eigenvalue weighted by molar-refractivity contribution is 0.147. The SMILES string of the molecule is CCc1ccc(CNC(=O)NCC(O)CC(C)C)s1. The van der Waals surface area contributed by atoms with Crippen LogP contribution in [0.2, 0.25) is 0 Å². The Labute approximate surface area is 119 Å². The monoisotopic (exact) mass is 284 g/mol. The largest absolute Gasteiger partial charge is 0.391 e. The number of rotatable bonds is 7. The van der Waals surface area contributed by atoms with Crippen LogP contribution in [-0.4, -0.2) is 23.8 Å². The molecule has 4 nitrogen and oxygen atoms in total. The van der Waals surface area contributed by atoms with Crippen molar-refractivity contribution in [3.05, 3.63) is 21.9 Å². The van der Waals surface area contributed by atoms with Crippen molar-refractivity contribution >= 4 is 17.4 Å². The maximum Gasteiger partial charge on any atom is 0.315 e. The number of urea groups is 1. The third-order valence-electron chi connectivity index (χ3n) is 2.73. The van der Waals surface area contributed by atoms with Crippen molar-refractivity contribution in [3.8, 4) is 0 Å². The molecule has 2 amide bonds. The molecule has 1 atom stereocenters. The molecule has 1 rings (SSSR count). The zero-order valence-corrected chi connectivity index (χ0v) is 12.7. The molecule has 5 heteroatoms. The summed E-state index contributed by atoms with van der Waals surface area (Å²) in [5, 5.41) is 15.1. The summed E-state index contributed by atoms with van der Waals surface area (Å²) >= 11 is 1.72. The second-order valence-corrected chi connectivity index (χ2v) is 6.32. The molecular formula is C14H24N2O2S. The lowest BCUT2D eigenvalue weighted by Crippen LogP contribution is -2.39. The summed E-state index contributed by atoms with van der Waals surface area (Å²) in [6, 6.07) is 3.90. The predicted molar refractivity (Wildman–Crippen MR) is 79.4 cm³/mol. The normalized spacial score (nSPS) is 12.5. The molecule has 3 N–H and O–H groups in total. The van der Waals surface area contributed by atoms with Gasteiger partial charge in [0.15, 0.2) is 0 Å². The molecule has 0 aliphatic carbocycles. The van der Waals surface area contributed by atoms with Gasteiger partial charge in [0.05, 0.1) is 12.6 Å². The van der Waals surface area contributed by atoms with Gasteiger partial charge in [-0.2, -0.15) is 0 Å². The molecule has 0 fully saturated rings. The standard InChI is InChI=1S/C14H24N2O2S/c1-4-12-5-6-13(19-12)9-16-14(18)15-8-11(17)7-10(2)3/h5-6,10-11,17H,4,7-9H2,1-3H3,(H2,15,16,18). The molecule has 1 unspecified atom stereocenters. The first-order valence-corrected chi connectivity index (χ1v) is 7.60. The van der Waals surface area contributed by atoms with Gasteiger partial charge in [-0.1, -0.05) is 20.8 Å². The van der Waals surface area contributed by atoms with Gasteiger partial charge in [-0.05, 0) is 30.9 Å². The van der Waals surface area contributed by atoms with Crippen molar-refractivity contribution < 1.29 is 9.90 Å². The van der Waals surface area contributed by atoms with Crippen molar-refractivity contribution in [1.29, 1.82) is 0 Å². The Morgan fingerprint density at radius 1 is 1.32 bits per heavy atom. The Bertz CT molecular complexity index is 391. The lowest BCUT2D eigenvalue weighted by atomic mass is 10.1. The maximum atomic E-state index is 11.6. The van der Waals surface area contributed by atoms with Gasteiger partial charge < -0.3 is 15.7 Å². The Kier molecular flexibility index (Phi) is 6.87. The van der Waals surface area contributed by atoms with Crippen molar-refractivity contribution in [2.75, 3.05) is 6.54 Å². The summed E-state index contributed by atoms with van der Waals surface area (Å²) in [7, 11) is 0. The molecule has 0 aromatic carbocycles. The van der Waals surface area contributed by atoms with Gasteiger partial charge in [0.1, 0.15) is 0 Å². The van der Waals surface area contributed by atoms with Gasteiger partial charge in [0, 0.05) is 16.3 Å². The Hall–Kier alpha value is -1.07. The van der Waals surface area contributed by atoms with E-state index in [1.54, 1.807) is 11.3 Å². The first-order chi connectivity index (χ1) is 9.01. The molecule has 0 bridgehead atoms. The third-order valence-corrected chi connectivity index (χ3v) is 3.96. The van der Waals surface area contributed by atoms with Crippen molar-refractivity contribution in [2.45, 2.75) is 46.3 Å². The van der Waals surface area contributed by atoms with Crippen LogP contribution in [0.1, 0.15) is 36.9 Å². The van der Waals surface area contributed by atoms with Crippen LogP contribution in [0.25, 0.3) is 0 Å². The summed E-state index contributed by atoms with van der Waals surface area (Å²) in [6.07, 6.45) is 1.25. The number of aliphatic hydroxyl groups is 1. The van der Waals surface area contributed by atoms with E-state index in [0.29, 0.717) is 25.4 Å². The second-order valence-electron chi connectivity index (χ2n) is 5.07. The molecule has 0 saturated heterocycles. The third kappa shape index (κ3) is 6.59. The summed E-state index contributed by atoms with van der Waals surface area (Å²) in [5.41, 5.74) is 0. The van der Waals surface area contributed by atoms with E-state index in [1.807, 2.05) is 19.9 Å². The molecule has 19 heavy (non-hydrogen) atoms. The number of hydrogen-bond donors (Lipinski definition) is 3. The molecule has 0 spiro atoms. The van der Waals surface area contributed by atoms with Gasteiger partial charge in [-0.25, -0.2) is 4.79 Å². The Morgan fingerprint density at radius 2 is 2.00 bits per heavy atom. The number of carbonyl (C=O) groups excluding carboxylic acids is 1. The molecule has 108 valence electrons. The van der Waals surface area contributed by atoms with Crippen molar-refractivity contribution in [2.24, 2.45) is 5.92 Å². The molecular weight excluding hydrogens is 260 g/mol. The number of amides is 2. The van der Waals surface area contributed by atoms with Crippen LogP contribution in [0, 0.1) is 5.92 Å². The molecule has 0 saturated carbocycles. The van der Waals surface area contributed by atoms with E-state index < -0.39 is 6.10 Å². The smallest absolute Gasteiger partial charge is 0.315 e. The van der Waals surface area contributed by atoms with E-state index in [0.717, 1.165) is 11.3 Å². The second kappa shape index (κ2) is 8.17. The molecule has 1 aromatic rings. The van der Waals surface area contributed by atoms with E-state index in [9.17, 15) is 9.90 Å². The van der Waals surface area contributed by atoms with Crippen LogP contribution in [0.3, 0.4) is 0 Å².